The Morgan fingerprint density at radius 2 is 1.30 bits per heavy atom. The van der Waals surface area contributed by atoms with Gasteiger partial charge in [0, 0.05) is 0 Å². The molecule has 0 aromatic heterocycles. The van der Waals surface area contributed by atoms with Crippen LogP contribution in [-0.4, -0.2) is 82.9 Å². The summed E-state index contributed by atoms with van der Waals surface area (Å²) in [6.07, 6.45) is 4.07. The Morgan fingerprint density at radius 3 is 1.79 bits per heavy atom. The van der Waals surface area contributed by atoms with Gasteiger partial charge >= 0.3 is 5.97 Å². The summed E-state index contributed by atoms with van der Waals surface area (Å²) in [5, 5.41) is 16.7. The number of amides is 4. The number of carboxylic acid groups (broad SMARTS) is 1. The van der Waals surface area contributed by atoms with Crippen molar-refractivity contribution in [3.63, 3.8) is 0 Å². The van der Waals surface area contributed by atoms with Crippen LogP contribution in [0.4, 0.5) is 0 Å². The molecule has 0 aliphatic carbocycles. The zero-order chi connectivity index (χ0) is 25.6. The predicted octanol–water partition coefficient (Wildman–Crippen LogP) is -0.720. The molecule has 0 aromatic carbocycles. The molecule has 0 aromatic rings. The van der Waals surface area contributed by atoms with Gasteiger partial charge in [-0.3, -0.25) is 19.2 Å². The molecule has 0 saturated heterocycles. The van der Waals surface area contributed by atoms with Crippen LogP contribution < -0.4 is 27.4 Å². The molecule has 0 fully saturated rings. The normalized spacial score (nSPS) is 14.6. The lowest BCUT2D eigenvalue weighted by Crippen LogP contribution is -2.58. The van der Waals surface area contributed by atoms with Crippen LogP contribution in [0.3, 0.4) is 0 Å². The van der Waals surface area contributed by atoms with Gasteiger partial charge in [0.2, 0.25) is 23.6 Å². The van der Waals surface area contributed by atoms with Gasteiger partial charge in [0.25, 0.3) is 0 Å². The molecular weight excluding hydrogens is 470 g/mol. The van der Waals surface area contributed by atoms with E-state index in [2.05, 4.69) is 16.0 Å². The quantitative estimate of drug-likeness (QED) is 0.147. The minimum Gasteiger partial charge on any atom is -0.480 e. The third-order valence-corrected chi connectivity index (χ3v) is 5.86. The maximum atomic E-state index is 12.9. The number of aliphatic carboxylic acids is 1. The summed E-state index contributed by atoms with van der Waals surface area (Å²) in [4.78, 5) is 60.9. The fourth-order valence-electron chi connectivity index (χ4n) is 2.81. The van der Waals surface area contributed by atoms with Gasteiger partial charge < -0.3 is 32.5 Å². The van der Waals surface area contributed by atoms with E-state index in [4.69, 9.17) is 11.5 Å². The van der Waals surface area contributed by atoms with Crippen molar-refractivity contribution in [3.8, 4) is 0 Å². The van der Waals surface area contributed by atoms with Gasteiger partial charge in [-0.05, 0) is 49.2 Å². The third kappa shape index (κ3) is 13.3. The highest BCUT2D eigenvalue weighted by molar-refractivity contribution is 7.98. The van der Waals surface area contributed by atoms with Crippen molar-refractivity contribution in [2.45, 2.75) is 63.7 Å². The van der Waals surface area contributed by atoms with Gasteiger partial charge in [0.1, 0.15) is 18.1 Å². The van der Waals surface area contributed by atoms with Crippen LogP contribution in [0.2, 0.25) is 0 Å². The highest BCUT2D eigenvalue weighted by atomic mass is 32.2. The highest BCUT2D eigenvalue weighted by Crippen LogP contribution is 2.07. The molecule has 13 heteroatoms. The van der Waals surface area contributed by atoms with E-state index in [-0.39, 0.29) is 18.8 Å². The summed E-state index contributed by atoms with van der Waals surface area (Å²) in [5.41, 5.74) is 11.1. The first-order chi connectivity index (χ1) is 15.4. The van der Waals surface area contributed by atoms with E-state index < -0.39 is 60.2 Å². The summed E-state index contributed by atoms with van der Waals surface area (Å²) < 4.78 is 0. The lowest BCUT2D eigenvalue weighted by Gasteiger charge is -2.25. The number of hydrogen-bond acceptors (Lipinski definition) is 8. The minimum atomic E-state index is -1.39. The smallest absolute Gasteiger partial charge is 0.326 e. The predicted molar refractivity (Wildman–Crippen MR) is 131 cm³/mol. The van der Waals surface area contributed by atoms with E-state index >= 15 is 0 Å². The second-order valence-corrected chi connectivity index (χ2v) is 9.96. The maximum absolute atomic E-state index is 12.9. The van der Waals surface area contributed by atoms with Gasteiger partial charge in [-0.2, -0.15) is 23.5 Å². The van der Waals surface area contributed by atoms with Crippen molar-refractivity contribution < 1.29 is 29.1 Å². The van der Waals surface area contributed by atoms with Crippen molar-refractivity contribution >= 4 is 53.1 Å². The molecule has 0 heterocycles. The molecule has 0 bridgehead atoms. The number of primary amides is 1. The molecule has 11 nitrogen and oxygen atoms in total. The first-order valence-corrected chi connectivity index (χ1v) is 13.4. The number of carbonyl (C=O) groups is 5. The lowest BCUT2D eigenvalue weighted by molar-refractivity contribution is -0.143. The molecule has 0 spiro atoms. The van der Waals surface area contributed by atoms with Crippen molar-refractivity contribution in [2.24, 2.45) is 17.4 Å². The van der Waals surface area contributed by atoms with Crippen molar-refractivity contribution in [1.82, 2.24) is 16.0 Å². The number of rotatable bonds is 17. The number of thioether (sulfide) groups is 2. The first kappa shape index (κ1) is 31.0. The van der Waals surface area contributed by atoms with Crippen LogP contribution in [0, 0.1) is 5.92 Å². The monoisotopic (exact) mass is 507 g/mol. The third-order valence-electron chi connectivity index (χ3n) is 4.57. The summed E-state index contributed by atoms with van der Waals surface area (Å²) >= 11 is 3.01. The number of nitrogens with two attached hydrogens (primary N) is 2. The molecule has 0 saturated carbocycles. The van der Waals surface area contributed by atoms with Crippen LogP contribution in [0.15, 0.2) is 0 Å². The molecule has 0 radical (unpaired) electrons. The molecular formula is C20H37N5O6S2. The van der Waals surface area contributed by atoms with Gasteiger partial charge in [-0.15, -0.1) is 0 Å². The van der Waals surface area contributed by atoms with Crippen molar-refractivity contribution in [1.29, 1.82) is 0 Å². The maximum Gasteiger partial charge on any atom is 0.326 e. The Hall–Kier alpha value is -1.99. The van der Waals surface area contributed by atoms with Gasteiger partial charge in [-0.25, -0.2) is 4.79 Å². The zero-order valence-corrected chi connectivity index (χ0v) is 21.2. The Labute approximate surface area is 203 Å². The fraction of sp³-hybridized carbons (Fsp3) is 0.750. The summed E-state index contributed by atoms with van der Waals surface area (Å²) in [5.74, 6) is -2.91. The Kier molecular flexibility index (Phi) is 15.6. The first-order valence-electron chi connectivity index (χ1n) is 10.6. The van der Waals surface area contributed by atoms with E-state index in [1.54, 1.807) is 25.6 Å². The standard InChI is InChI=1S/C20H37N5O6S2/c1-11(2)9-15(20(30)31)25-19(29)14(10-16(22)26)24-18(28)13(6-8-33-4)23-17(27)12(21)5-7-32-3/h11-15H,5-10,21H2,1-4H3,(H2,22,26)(H,23,27)(H,24,28)(H,25,29)(H,30,31). The summed E-state index contributed by atoms with van der Waals surface area (Å²) in [6.45, 7) is 3.60. The SMILES string of the molecule is CSCCC(N)C(=O)NC(CCSC)C(=O)NC(CC(N)=O)C(=O)NC(CC(C)C)C(=O)O. The Morgan fingerprint density at radius 1 is 0.818 bits per heavy atom. The second-order valence-electron chi connectivity index (χ2n) is 7.99. The Bertz CT molecular complexity index is 679. The van der Waals surface area contributed by atoms with E-state index in [1.807, 2.05) is 12.5 Å². The van der Waals surface area contributed by atoms with Crippen LogP contribution >= 0.6 is 23.5 Å². The summed E-state index contributed by atoms with van der Waals surface area (Å²) in [6, 6.07) is -4.35. The van der Waals surface area contributed by atoms with Crippen LogP contribution in [-0.2, 0) is 24.0 Å². The topological polar surface area (TPSA) is 194 Å². The number of nitrogens with one attached hydrogen (secondary N) is 3. The van der Waals surface area contributed by atoms with Crippen molar-refractivity contribution in [2.75, 3.05) is 24.0 Å². The van der Waals surface area contributed by atoms with Gasteiger partial charge in [0.15, 0.2) is 0 Å². The molecule has 0 rings (SSSR count). The van der Waals surface area contributed by atoms with Crippen LogP contribution in [0.1, 0.15) is 39.5 Å². The van der Waals surface area contributed by atoms with Gasteiger partial charge in [-0.1, -0.05) is 13.8 Å². The zero-order valence-electron chi connectivity index (χ0n) is 19.6. The summed E-state index contributed by atoms with van der Waals surface area (Å²) in [7, 11) is 0. The molecule has 33 heavy (non-hydrogen) atoms. The molecule has 4 unspecified atom stereocenters. The van der Waals surface area contributed by atoms with Gasteiger partial charge in [0.05, 0.1) is 12.5 Å². The average Bonchev–Trinajstić information content (AvgIpc) is 2.72. The molecule has 0 aliphatic rings. The Balaban J connectivity index is 5.43. The molecule has 8 N–H and O–H groups in total. The molecule has 4 amide bonds. The lowest BCUT2D eigenvalue weighted by atomic mass is 10.0. The van der Waals surface area contributed by atoms with E-state index in [0.717, 1.165) is 0 Å². The van der Waals surface area contributed by atoms with Crippen LogP contribution in [0.25, 0.3) is 0 Å². The number of hydrogen-bond donors (Lipinski definition) is 6. The largest absolute Gasteiger partial charge is 0.480 e. The fourth-order valence-corrected chi connectivity index (χ4v) is 3.77. The second kappa shape index (κ2) is 16.6. The number of carboxylic acids is 1. The number of carbonyl (C=O) groups excluding carboxylic acids is 4. The minimum absolute atomic E-state index is 0.0166. The molecule has 4 atom stereocenters. The average molecular weight is 508 g/mol. The van der Waals surface area contributed by atoms with E-state index in [1.165, 1.54) is 11.8 Å². The van der Waals surface area contributed by atoms with Crippen LogP contribution in [0.5, 0.6) is 0 Å². The molecule has 190 valence electrons. The highest BCUT2D eigenvalue weighted by Gasteiger charge is 2.31. The van der Waals surface area contributed by atoms with Crippen molar-refractivity contribution in [3.05, 3.63) is 0 Å². The van der Waals surface area contributed by atoms with E-state index in [0.29, 0.717) is 17.9 Å². The van der Waals surface area contributed by atoms with E-state index in [9.17, 15) is 29.1 Å². The molecule has 0 aliphatic heterocycles.